The Morgan fingerprint density at radius 1 is 0.480 bits per heavy atom. The molecule has 0 spiro atoms. The number of aliphatic hydroxyl groups is 21. The van der Waals surface area contributed by atoms with Gasteiger partial charge in [-0.2, -0.15) is 0 Å². The molecule has 6 aliphatic heterocycles. The maximum absolute atomic E-state index is 13.0. The summed E-state index contributed by atoms with van der Waals surface area (Å²) in [6, 6.07) is 0. The van der Waals surface area contributed by atoms with Crippen LogP contribution in [0.15, 0.2) is 11.6 Å². The molecular formula is C67H114O33. The Kier molecular flexibility index (Phi) is 25.5. The van der Waals surface area contributed by atoms with Crippen LogP contribution < -0.4 is 0 Å². The highest BCUT2D eigenvalue weighted by atomic mass is 16.8. The molecule has 100 heavy (non-hydrogen) atoms. The Balaban J connectivity index is 0.853. The second kappa shape index (κ2) is 31.6. The highest BCUT2D eigenvalue weighted by molar-refractivity contribution is 5.32. The topological polar surface area (TPSA) is 536 Å². The summed E-state index contributed by atoms with van der Waals surface area (Å²) in [6.45, 7) is 14.0. The van der Waals surface area contributed by atoms with Crippen LogP contribution in [0.2, 0.25) is 0 Å². The highest BCUT2D eigenvalue weighted by Gasteiger charge is 2.71. The molecule has 0 amide bonds. The molecule has 6 saturated heterocycles. The molecule has 40 atom stereocenters. The van der Waals surface area contributed by atoms with E-state index in [1.807, 2.05) is 13.8 Å². The van der Waals surface area contributed by atoms with Gasteiger partial charge in [0, 0.05) is 10.8 Å². The summed E-state index contributed by atoms with van der Waals surface area (Å²) in [6.07, 6.45) is -46.7. The molecule has 0 aromatic rings. The van der Waals surface area contributed by atoms with Crippen LogP contribution in [0.5, 0.6) is 0 Å². The minimum Gasteiger partial charge on any atom is -0.394 e. The standard InChI is InChI=1S/C67H114O33/c1-10-29-39(72)45(78)53(86)59(91-29)99-56-50(83)44(77)34(24-90-58-52(85)47(80)41(74)31(21-69)93-58)96-62(56)98-38(64(5,6)88)15-11-25(2)26-17-18-65(7)35-14-12-27-28(67(35,9)36(71)19-66(26,65)8)13-16-37(63(27,3)4)97-61-55(100-60-54(87)48(81)42(75)32(22-70)94-60)49(82)43(76)33(95-61)23-89-57-51(84)46(79)40(73)30(20-68)92-57/h12,25-26,28-62,68-88H,10-11,13-24H2,1-9H3/t25-,26?,28?,29+,30-,31-,32+,33-,34-,35?,36-,37+,38-,39+,40-,41-,42+,43-,44-,45-,46+,47+,48-,49+,50+,51-,52-,53+,54+,55-,56-,57-,58-,59-,60-,61+,62+,65+,66-,67+/m1/s1. The summed E-state index contributed by atoms with van der Waals surface area (Å²) >= 11 is 0. The van der Waals surface area contributed by atoms with E-state index in [1.54, 1.807) is 6.92 Å². The van der Waals surface area contributed by atoms with Crippen molar-refractivity contribution < 1.29 is 164 Å². The van der Waals surface area contributed by atoms with Crippen LogP contribution in [0.1, 0.15) is 120 Å². The van der Waals surface area contributed by atoms with Gasteiger partial charge in [0.25, 0.3) is 0 Å². The largest absolute Gasteiger partial charge is 0.394 e. The minimum absolute atomic E-state index is 0.0280. The first kappa shape index (κ1) is 80.9. The van der Waals surface area contributed by atoms with Gasteiger partial charge >= 0.3 is 0 Å². The molecular weight excluding hydrogens is 1330 g/mol. The first-order valence-corrected chi connectivity index (χ1v) is 35.5. The second-order valence-electron chi connectivity index (χ2n) is 31.8. The first-order chi connectivity index (χ1) is 46.9. The third-order valence-corrected chi connectivity index (χ3v) is 25.2. The number of hydrogen-bond acceptors (Lipinski definition) is 33. The number of rotatable bonds is 23. The molecule has 4 aliphatic carbocycles. The molecule has 21 N–H and O–H groups in total. The molecule has 580 valence electrons. The summed E-state index contributed by atoms with van der Waals surface area (Å²) in [7, 11) is 0. The van der Waals surface area contributed by atoms with Crippen LogP contribution in [0.25, 0.3) is 0 Å². The third kappa shape index (κ3) is 14.8. The van der Waals surface area contributed by atoms with Crippen LogP contribution in [-0.4, -0.2) is 348 Å². The van der Waals surface area contributed by atoms with Crippen molar-refractivity contribution in [3.8, 4) is 0 Å². The molecule has 0 bridgehead atoms. The van der Waals surface area contributed by atoms with E-state index in [-0.39, 0.29) is 41.9 Å². The average Bonchev–Trinajstić information content (AvgIpc) is 1.33. The van der Waals surface area contributed by atoms with Crippen LogP contribution in [0.4, 0.5) is 0 Å². The van der Waals surface area contributed by atoms with Crippen LogP contribution in [0.3, 0.4) is 0 Å². The van der Waals surface area contributed by atoms with Gasteiger partial charge in [0.15, 0.2) is 37.7 Å². The lowest BCUT2D eigenvalue weighted by Gasteiger charge is -2.67. The van der Waals surface area contributed by atoms with Gasteiger partial charge < -0.3 is 164 Å². The van der Waals surface area contributed by atoms with Crippen LogP contribution in [0, 0.1) is 45.3 Å². The van der Waals surface area contributed by atoms with Gasteiger partial charge in [-0.1, -0.05) is 60.1 Å². The van der Waals surface area contributed by atoms with Gasteiger partial charge in [-0.3, -0.25) is 0 Å². The quantitative estimate of drug-likeness (QED) is 0.0423. The van der Waals surface area contributed by atoms with Crippen LogP contribution >= 0.6 is 0 Å². The molecule has 0 aromatic heterocycles. The number of ether oxygens (including phenoxy) is 12. The fraction of sp³-hybridized carbons (Fsp3) is 0.970. The van der Waals surface area contributed by atoms with E-state index in [9.17, 15) is 107 Å². The van der Waals surface area contributed by atoms with E-state index in [0.717, 1.165) is 18.4 Å². The zero-order valence-electron chi connectivity index (χ0n) is 58.1. The summed E-state index contributed by atoms with van der Waals surface area (Å²) in [5, 5.41) is 230. The fourth-order valence-corrected chi connectivity index (χ4v) is 18.7. The van der Waals surface area contributed by atoms with Crippen molar-refractivity contribution in [1.82, 2.24) is 0 Å². The average molecular weight is 1450 g/mol. The molecule has 9 fully saturated rings. The molecule has 33 nitrogen and oxygen atoms in total. The van der Waals surface area contributed by atoms with Crippen molar-refractivity contribution >= 4 is 0 Å². The fourth-order valence-electron chi connectivity index (χ4n) is 18.7. The van der Waals surface area contributed by atoms with E-state index in [2.05, 4.69) is 33.8 Å². The van der Waals surface area contributed by atoms with Crippen molar-refractivity contribution in [2.45, 2.75) is 328 Å². The van der Waals surface area contributed by atoms with Crippen molar-refractivity contribution in [1.29, 1.82) is 0 Å². The number of hydrogen-bond donors (Lipinski definition) is 21. The zero-order valence-corrected chi connectivity index (χ0v) is 58.1. The van der Waals surface area contributed by atoms with Gasteiger partial charge in [0.2, 0.25) is 0 Å². The Hall–Kier alpha value is -1.58. The Morgan fingerprint density at radius 3 is 1.37 bits per heavy atom. The lowest BCUT2D eigenvalue weighted by atomic mass is 9.38. The summed E-state index contributed by atoms with van der Waals surface area (Å²) in [5.41, 5.74) is -2.93. The maximum Gasteiger partial charge on any atom is 0.187 e. The maximum atomic E-state index is 13.0. The Morgan fingerprint density at radius 2 is 0.900 bits per heavy atom. The van der Waals surface area contributed by atoms with Gasteiger partial charge in [-0.05, 0) is 106 Å². The molecule has 3 saturated carbocycles. The SMILES string of the molecule is CC[C@@H]1O[C@H](O[C@H]2[C@H](O[C@H](CC[C@@H](C)C3CC[C@@]4(C)C5CC=C6C(CC[C@H](O[C@@H]7O[C@H](CO[C@@H]8O[C@H](CO)[C@@H](O)[C@H](O)[C@H]8O)[C@@H](O)[C@H](O)[C@H]7O[C@H]7O[C@@H](CO)[C@H](O)[C@@H](O)[C@@H]7O)C6(C)C)[C@]5(C)[C@H](O)C[C@]34C)C(C)(C)O)O[C@H](CO[C@@H]3O[C@H](CO)[C@@H](O)[C@H](O)[C@H]3O)[C@@H](O)[C@@H]2O)[C@@H](O)[C@H](O)[C@H]1O. The second-order valence-corrected chi connectivity index (χ2v) is 31.8. The number of aliphatic hydroxyl groups excluding tert-OH is 20. The zero-order chi connectivity index (χ0) is 73.5. The van der Waals surface area contributed by atoms with Gasteiger partial charge in [-0.15, -0.1) is 0 Å². The molecule has 6 heterocycles. The first-order valence-electron chi connectivity index (χ1n) is 35.5. The lowest BCUT2D eigenvalue weighted by molar-refractivity contribution is -0.379. The van der Waals surface area contributed by atoms with E-state index < -0.39 is 257 Å². The van der Waals surface area contributed by atoms with Gasteiger partial charge in [0.1, 0.15) is 140 Å². The summed E-state index contributed by atoms with van der Waals surface area (Å²) in [4.78, 5) is 0. The van der Waals surface area contributed by atoms with E-state index >= 15 is 0 Å². The molecule has 33 heteroatoms. The lowest BCUT2D eigenvalue weighted by Crippen LogP contribution is -2.66. The monoisotopic (exact) mass is 1450 g/mol. The van der Waals surface area contributed by atoms with Gasteiger partial charge in [0.05, 0.1) is 63.1 Å². The molecule has 3 unspecified atom stereocenters. The number of allylic oxidation sites excluding steroid dienone is 1. The summed E-state index contributed by atoms with van der Waals surface area (Å²) in [5.74, 6) is -0.253. The van der Waals surface area contributed by atoms with Crippen molar-refractivity contribution in [3.05, 3.63) is 11.6 Å². The molecule has 10 rings (SSSR count). The predicted octanol–water partition coefficient (Wildman–Crippen LogP) is -6.17. The Labute approximate surface area is 580 Å². The third-order valence-electron chi connectivity index (χ3n) is 25.2. The Bertz CT molecular complexity index is 2670. The van der Waals surface area contributed by atoms with Crippen LogP contribution in [-0.2, 0) is 56.8 Å². The summed E-state index contributed by atoms with van der Waals surface area (Å²) < 4.78 is 72.5. The minimum atomic E-state index is -1.93. The smallest absolute Gasteiger partial charge is 0.187 e. The van der Waals surface area contributed by atoms with Crippen molar-refractivity contribution in [2.75, 3.05) is 33.0 Å². The van der Waals surface area contributed by atoms with E-state index in [4.69, 9.17) is 56.8 Å². The number of fused-ring (bicyclic) bond motifs is 5. The normalized spacial score (nSPS) is 52.1. The van der Waals surface area contributed by atoms with Gasteiger partial charge in [-0.25, -0.2) is 0 Å². The molecule has 0 radical (unpaired) electrons. The predicted molar refractivity (Wildman–Crippen MR) is 336 cm³/mol. The molecule has 0 aromatic carbocycles. The van der Waals surface area contributed by atoms with E-state index in [1.165, 1.54) is 13.8 Å². The van der Waals surface area contributed by atoms with Crippen molar-refractivity contribution in [2.24, 2.45) is 45.3 Å². The van der Waals surface area contributed by atoms with Crippen molar-refractivity contribution in [3.63, 3.8) is 0 Å². The molecule has 10 aliphatic rings. The van der Waals surface area contributed by atoms with E-state index in [0.29, 0.717) is 32.1 Å². The highest BCUT2D eigenvalue weighted by Crippen LogP contribution is 2.75.